The van der Waals surface area contributed by atoms with E-state index in [1.807, 2.05) is 0 Å². The molecule has 0 spiro atoms. The van der Waals surface area contributed by atoms with E-state index in [0.29, 0.717) is 22.9 Å². The summed E-state index contributed by atoms with van der Waals surface area (Å²) in [4.78, 5) is 24.9. The first-order chi connectivity index (χ1) is 14.9. The van der Waals surface area contributed by atoms with Gasteiger partial charge in [0.2, 0.25) is 11.3 Å². The summed E-state index contributed by atoms with van der Waals surface area (Å²) < 4.78 is 30.7. The molecule has 0 bridgehead atoms. The van der Waals surface area contributed by atoms with Crippen molar-refractivity contribution in [1.82, 2.24) is 4.57 Å². The second kappa shape index (κ2) is 9.80. The lowest BCUT2D eigenvalue weighted by Gasteiger charge is -2.15. The minimum Gasteiger partial charge on any atom is -0.497 e. The minimum atomic E-state index is -0.347. The van der Waals surface area contributed by atoms with Crippen LogP contribution in [0.4, 0.5) is 10.1 Å². The van der Waals surface area contributed by atoms with Gasteiger partial charge in [0.1, 0.15) is 30.5 Å². The highest BCUT2D eigenvalue weighted by molar-refractivity contribution is 5.92. The van der Waals surface area contributed by atoms with Crippen molar-refractivity contribution >= 4 is 11.6 Å². The number of hydrogen-bond donors (Lipinski definition) is 1. The van der Waals surface area contributed by atoms with Gasteiger partial charge in [-0.2, -0.15) is 0 Å². The minimum absolute atomic E-state index is 0.0423. The largest absolute Gasteiger partial charge is 0.497 e. The normalized spacial score (nSPS) is 10.5. The van der Waals surface area contributed by atoms with Crippen molar-refractivity contribution < 1.29 is 23.4 Å². The Hall–Kier alpha value is -3.81. The van der Waals surface area contributed by atoms with E-state index in [1.165, 1.54) is 38.6 Å². The summed E-state index contributed by atoms with van der Waals surface area (Å²) in [6, 6.07) is 12.3. The number of rotatable bonds is 8. The van der Waals surface area contributed by atoms with E-state index in [9.17, 15) is 14.0 Å². The van der Waals surface area contributed by atoms with Gasteiger partial charge in [-0.3, -0.25) is 9.59 Å². The van der Waals surface area contributed by atoms with E-state index in [-0.39, 0.29) is 36.1 Å². The van der Waals surface area contributed by atoms with Crippen LogP contribution in [0.5, 0.6) is 17.2 Å². The van der Waals surface area contributed by atoms with Gasteiger partial charge in [0.25, 0.3) is 0 Å². The Morgan fingerprint density at radius 3 is 2.45 bits per heavy atom. The number of nitrogens with one attached hydrogen (secondary N) is 1. The van der Waals surface area contributed by atoms with Gasteiger partial charge in [0.15, 0.2) is 5.75 Å². The molecule has 0 fully saturated rings. The van der Waals surface area contributed by atoms with Gasteiger partial charge in [0.05, 0.1) is 26.1 Å². The molecule has 1 amide bonds. The maximum atomic E-state index is 13.0. The Morgan fingerprint density at radius 1 is 1.03 bits per heavy atom. The summed E-state index contributed by atoms with van der Waals surface area (Å²) in [7, 11) is 3.04. The predicted octanol–water partition coefficient (Wildman–Crippen LogP) is 3.53. The molecule has 2 aromatic carbocycles. The van der Waals surface area contributed by atoms with Crippen molar-refractivity contribution in [3.63, 3.8) is 0 Å². The SMILES string of the molecule is COc1ccc(OC)c(NC(=O)Cn2cc(OCc3ccc(F)cc3)c(=O)cc2C)c1. The maximum Gasteiger partial charge on any atom is 0.244 e. The highest BCUT2D eigenvalue weighted by Crippen LogP contribution is 2.28. The molecule has 0 aliphatic rings. The maximum absolute atomic E-state index is 13.0. The molecule has 1 heterocycles. The molecule has 1 aromatic heterocycles. The van der Waals surface area contributed by atoms with Crippen LogP contribution in [0.25, 0.3) is 0 Å². The third-order valence-electron chi connectivity index (χ3n) is 4.61. The number of aromatic nitrogens is 1. The fourth-order valence-corrected chi connectivity index (χ4v) is 2.93. The van der Waals surface area contributed by atoms with Crippen LogP contribution in [0.1, 0.15) is 11.3 Å². The van der Waals surface area contributed by atoms with Gasteiger partial charge >= 0.3 is 0 Å². The van der Waals surface area contributed by atoms with Crippen LogP contribution in [0.2, 0.25) is 0 Å². The number of aryl methyl sites for hydroxylation is 1. The zero-order valence-electron chi connectivity index (χ0n) is 17.5. The number of benzene rings is 2. The molecule has 0 radical (unpaired) electrons. The standard InChI is InChI=1S/C23H23FN2O5/c1-15-10-20(27)22(31-14-16-4-6-17(24)7-5-16)12-26(15)13-23(28)25-19-11-18(29-2)8-9-21(19)30-3/h4-12H,13-14H2,1-3H3,(H,25,28). The van der Waals surface area contributed by atoms with Crippen LogP contribution in [-0.2, 0) is 17.9 Å². The number of hydrogen-bond acceptors (Lipinski definition) is 5. The van der Waals surface area contributed by atoms with Crippen molar-refractivity contribution in [3.05, 3.63) is 82.0 Å². The summed E-state index contributed by atoms with van der Waals surface area (Å²) in [6.45, 7) is 1.79. The summed E-state index contributed by atoms with van der Waals surface area (Å²) >= 11 is 0. The Morgan fingerprint density at radius 2 is 1.77 bits per heavy atom. The average Bonchev–Trinajstić information content (AvgIpc) is 2.75. The Labute approximate surface area is 179 Å². The summed E-state index contributed by atoms with van der Waals surface area (Å²) in [6.07, 6.45) is 1.49. The third kappa shape index (κ3) is 5.63. The first-order valence-corrected chi connectivity index (χ1v) is 9.50. The number of halogens is 1. The average molecular weight is 426 g/mol. The van der Waals surface area contributed by atoms with Gasteiger partial charge in [-0.15, -0.1) is 0 Å². The van der Waals surface area contributed by atoms with Crippen LogP contribution < -0.4 is 25.0 Å². The van der Waals surface area contributed by atoms with Gasteiger partial charge < -0.3 is 24.1 Å². The highest BCUT2D eigenvalue weighted by Gasteiger charge is 2.12. The van der Waals surface area contributed by atoms with Gasteiger partial charge in [0, 0.05) is 17.8 Å². The lowest BCUT2D eigenvalue weighted by Crippen LogP contribution is -2.22. The van der Waals surface area contributed by atoms with Gasteiger partial charge in [-0.05, 0) is 36.8 Å². The summed E-state index contributed by atoms with van der Waals surface area (Å²) in [5.74, 6) is 0.505. The van der Waals surface area contributed by atoms with E-state index in [0.717, 1.165) is 5.56 Å². The quantitative estimate of drug-likeness (QED) is 0.596. The second-order valence-electron chi connectivity index (χ2n) is 6.80. The Balaban J connectivity index is 1.74. The Bertz CT molecular complexity index is 1130. The number of amides is 1. The Kier molecular flexibility index (Phi) is 6.92. The van der Waals surface area contributed by atoms with Crippen molar-refractivity contribution in [3.8, 4) is 17.2 Å². The van der Waals surface area contributed by atoms with Gasteiger partial charge in [-0.1, -0.05) is 12.1 Å². The van der Waals surface area contributed by atoms with E-state index in [4.69, 9.17) is 14.2 Å². The molecule has 31 heavy (non-hydrogen) atoms. The molecule has 3 aromatic rings. The van der Waals surface area contributed by atoms with Crippen LogP contribution in [0, 0.1) is 12.7 Å². The molecule has 0 aliphatic carbocycles. The molecule has 7 nitrogen and oxygen atoms in total. The van der Waals surface area contributed by atoms with Crippen LogP contribution in [0.3, 0.4) is 0 Å². The monoisotopic (exact) mass is 426 g/mol. The number of carbonyl (C=O) groups excluding carboxylic acids is 1. The summed E-state index contributed by atoms with van der Waals surface area (Å²) in [5, 5.41) is 2.79. The smallest absolute Gasteiger partial charge is 0.244 e. The lowest BCUT2D eigenvalue weighted by atomic mass is 10.2. The van der Waals surface area contributed by atoms with Crippen molar-refractivity contribution in [2.45, 2.75) is 20.1 Å². The number of methoxy groups -OCH3 is 2. The van der Waals surface area contributed by atoms with E-state index >= 15 is 0 Å². The topological polar surface area (TPSA) is 78.8 Å². The number of carbonyl (C=O) groups is 1. The molecule has 3 rings (SSSR count). The first-order valence-electron chi connectivity index (χ1n) is 9.50. The molecular weight excluding hydrogens is 403 g/mol. The molecule has 1 N–H and O–H groups in total. The van der Waals surface area contributed by atoms with Crippen molar-refractivity contribution in [2.24, 2.45) is 0 Å². The zero-order valence-corrected chi connectivity index (χ0v) is 17.5. The van der Waals surface area contributed by atoms with Crippen molar-refractivity contribution in [1.29, 1.82) is 0 Å². The first kappa shape index (κ1) is 21.9. The zero-order chi connectivity index (χ0) is 22.4. The number of pyridine rings is 1. The van der Waals surface area contributed by atoms with Crippen LogP contribution >= 0.6 is 0 Å². The lowest BCUT2D eigenvalue weighted by molar-refractivity contribution is -0.116. The number of ether oxygens (including phenoxy) is 3. The fourth-order valence-electron chi connectivity index (χ4n) is 2.93. The third-order valence-corrected chi connectivity index (χ3v) is 4.61. The molecule has 8 heteroatoms. The van der Waals surface area contributed by atoms with Gasteiger partial charge in [-0.25, -0.2) is 4.39 Å². The van der Waals surface area contributed by atoms with Crippen LogP contribution in [0.15, 0.2) is 59.5 Å². The molecule has 162 valence electrons. The van der Waals surface area contributed by atoms with Crippen molar-refractivity contribution in [2.75, 3.05) is 19.5 Å². The molecule has 0 aliphatic heterocycles. The fraction of sp³-hybridized carbons (Fsp3) is 0.217. The number of anilines is 1. The molecule has 0 atom stereocenters. The van der Waals surface area contributed by atoms with E-state index < -0.39 is 0 Å². The van der Waals surface area contributed by atoms with E-state index in [1.54, 1.807) is 41.8 Å². The molecule has 0 saturated carbocycles. The molecular formula is C23H23FN2O5. The number of nitrogens with zero attached hydrogens (tertiary/aromatic N) is 1. The predicted molar refractivity (Wildman–Crippen MR) is 114 cm³/mol. The molecule has 0 unspecified atom stereocenters. The second-order valence-corrected chi connectivity index (χ2v) is 6.80. The highest BCUT2D eigenvalue weighted by atomic mass is 19.1. The van der Waals surface area contributed by atoms with Crippen LogP contribution in [-0.4, -0.2) is 24.7 Å². The van der Waals surface area contributed by atoms with E-state index in [2.05, 4.69) is 5.32 Å². The summed E-state index contributed by atoms with van der Waals surface area (Å²) in [5.41, 5.74) is 1.49. The molecule has 0 saturated heterocycles.